The van der Waals surface area contributed by atoms with Crippen LogP contribution in [0.5, 0.6) is 0 Å². The molecule has 0 atom stereocenters. The monoisotopic (exact) mass is 283 g/mol. The van der Waals surface area contributed by atoms with Crippen LogP contribution in [-0.4, -0.2) is 18.2 Å². The minimum absolute atomic E-state index is 0.352. The van der Waals surface area contributed by atoms with Gasteiger partial charge >= 0.3 is 6.09 Å². The second kappa shape index (κ2) is 7.39. The van der Waals surface area contributed by atoms with E-state index < -0.39 is 5.60 Å². The van der Waals surface area contributed by atoms with E-state index in [9.17, 15) is 4.79 Å². The summed E-state index contributed by atoms with van der Waals surface area (Å²) >= 11 is 5.91. The lowest BCUT2D eigenvalue weighted by atomic mass is 10.1. The van der Waals surface area contributed by atoms with Crippen LogP contribution in [0.3, 0.4) is 0 Å². The van der Waals surface area contributed by atoms with Crippen molar-refractivity contribution in [2.45, 2.75) is 45.6 Å². The Morgan fingerprint density at radius 3 is 2.68 bits per heavy atom. The molecule has 4 heteroatoms. The van der Waals surface area contributed by atoms with Crippen LogP contribution in [0.1, 0.15) is 39.2 Å². The molecule has 0 spiro atoms. The molecule has 3 nitrogen and oxygen atoms in total. The molecule has 0 saturated carbocycles. The number of unbranched alkanes of at least 4 members (excludes halogenated alkanes) is 1. The largest absolute Gasteiger partial charge is 0.444 e. The number of halogens is 1. The lowest BCUT2D eigenvalue weighted by Crippen LogP contribution is -2.33. The summed E-state index contributed by atoms with van der Waals surface area (Å²) < 4.78 is 5.15. The van der Waals surface area contributed by atoms with Crippen molar-refractivity contribution in [1.29, 1.82) is 0 Å². The molecule has 0 heterocycles. The average molecular weight is 284 g/mol. The SMILES string of the molecule is CC(C)(C)OC(=O)NCCCCc1cccc(Cl)c1. The first-order valence-corrected chi connectivity index (χ1v) is 6.96. The summed E-state index contributed by atoms with van der Waals surface area (Å²) in [5, 5.41) is 3.52. The highest BCUT2D eigenvalue weighted by Gasteiger charge is 2.15. The van der Waals surface area contributed by atoms with E-state index in [2.05, 4.69) is 11.4 Å². The molecule has 1 rings (SSSR count). The molecule has 0 unspecified atom stereocenters. The normalized spacial score (nSPS) is 11.2. The van der Waals surface area contributed by atoms with Gasteiger partial charge in [0.25, 0.3) is 0 Å². The van der Waals surface area contributed by atoms with Gasteiger partial charge in [-0.3, -0.25) is 0 Å². The number of hydrogen-bond acceptors (Lipinski definition) is 2. The third-order valence-electron chi connectivity index (χ3n) is 2.45. The molecule has 0 fully saturated rings. The van der Waals surface area contributed by atoms with Gasteiger partial charge in [0.2, 0.25) is 0 Å². The van der Waals surface area contributed by atoms with E-state index in [-0.39, 0.29) is 6.09 Å². The molecule has 0 aliphatic carbocycles. The molecular weight excluding hydrogens is 262 g/mol. The van der Waals surface area contributed by atoms with E-state index >= 15 is 0 Å². The molecule has 1 N–H and O–H groups in total. The highest BCUT2D eigenvalue weighted by molar-refractivity contribution is 6.30. The topological polar surface area (TPSA) is 38.3 Å². The molecule has 1 aromatic rings. The Hall–Kier alpha value is -1.22. The first-order valence-electron chi connectivity index (χ1n) is 6.58. The van der Waals surface area contributed by atoms with Crippen LogP contribution in [0.15, 0.2) is 24.3 Å². The van der Waals surface area contributed by atoms with Crippen LogP contribution < -0.4 is 5.32 Å². The van der Waals surface area contributed by atoms with E-state index in [0.29, 0.717) is 6.54 Å². The first kappa shape index (κ1) is 15.8. The highest BCUT2D eigenvalue weighted by atomic mass is 35.5. The van der Waals surface area contributed by atoms with Crippen LogP contribution in [0.2, 0.25) is 5.02 Å². The van der Waals surface area contributed by atoms with Crippen LogP contribution >= 0.6 is 11.6 Å². The fourth-order valence-electron chi connectivity index (χ4n) is 1.65. The van der Waals surface area contributed by atoms with Gasteiger partial charge in [-0.15, -0.1) is 0 Å². The second-order valence-electron chi connectivity index (χ2n) is 5.52. The summed E-state index contributed by atoms with van der Waals surface area (Å²) in [7, 11) is 0. The van der Waals surface area contributed by atoms with E-state index in [1.807, 2.05) is 39.0 Å². The van der Waals surface area contributed by atoms with E-state index in [4.69, 9.17) is 16.3 Å². The number of hydrogen-bond donors (Lipinski definition) is 1. The molecule has 0 aromatic heterocycles. The summed E-state index contributed by atoms with van der Waals surface area (Å²) in [4.78, 5) is 11.4. The zero-order valence-corrected chi connectivity index (χ0v) is 12.6. The van der Waals surface area contributed by atoms with E-state index in [0.717, 1.165) is 24.3 Å². The van der Waals surface area contributed by atoms with Crippen molar-refractivity contribution in [1.82, 2.24) is 5.32 Å². The second-order valence-corrected chi connectivity index (χ2v) is 5.95. The van der Waals surface area contributed by atoms with Gasteiger partial charge in [-0.05, 0) is 57.7 Å². The molecule has 0 aliphatic heterocycles. The van der Waals surface area contributed by atoms with Gasteiger partial charge in [-0.1, -0.05) is 23.7 Å². The number of benzene rings is 1. The number of alkyl carbamates (subject to hydrolysis) is 1. The van der Waals surface area contributed by atoms with Crippen molar-refractivity contribution in [2.75, 3.05) is 6.54 Å². The number of rotatable bonds is 5. The maximum Gasteiger partial charge on any atom is 0.407 e. The Morgan fingerprint density at radius 2 is 2.05 bits per heavy atom. The van der Waals surface area contributed by atoms with Crippen molar-refractivity contribution in [3.8, 4) is 0 Å². The van der Waals surface area contributed by atoms with E-state index in [1.54, 1.807) is 0 Å². The zero-order valence-electron chi connectivity index (χ0n) is 11.8. The van der Waals surface area contributed by atoms with E-state index in [1.165, 1.54) is 5.56 Å². The fraction of sp³-hybridized carbons (Fsp3) is 0.533. The standard InChI is InChI=1S/C15H22ClNO2/c1-15(2,3)19-14(18)17-10-5-4-7-12-8-6-9-13(16)11-12/h6,8-9,11H,4-5,7,10H2,1-3H3,(H,17,18). The average Bonchev–Trinajstić information content (AvgIpc) is 2.26. The minimum atomic E-state index is -0.440. The van der Waals surface area contributed by atoms with Crippen LogP contribution in [0, 0.1) is 0 Å². The molecule has 106 valence electrons. The predicted octanol–water partition coefficient (Wildman–Crippen LogP) is 4.19. The van der Waals surface area contributed by atoms with Crippen LogP contribution in [0.4, 0.5) is 4.79 Å². The maximum atomic E-state index is 11.4. The Morgan fingerprint density at radius 1 is 1.32 bits per heavy atom. The molecule has 1 amide bonds. The summed E-state index contributed by atoms with van der Waals surface area (Å²) in [6.07, 6.45) is 2.55. The number of ether oxygens (including phenoxy) is 1. The number of carbonyl (C=O) groups is 1. The van der Waals surface area contributed by atoms with Gasteiger partial charge in [0.05, 0.1) is 0 Å². The predicted molar refractivity (Wildman–Crippen MR) is 78.6 cm³/mol. The summed E-state index contributed by atoms with van der Waals surface area (Å²) in [5.74, 6) is 0. The summed E-state index contributed by atoms with van der Waals surface area (Å²) in [6.45, 7) is 6.19. The smallest absolute Gasteiger partial charge is 0.407 e. The van der Waals surface area contributed by atoms with Gasteiger partial charge < -0.3 is 10.1 Å². The van der Waals surface area contributed by atoms with Crippen molar-refractivity contribution in [3.05, 3.63) is 34.9 Å². The molecule has 19 heavy (non-hydrogen) atoms. The Bertz CT molecular complexity index is 413. The quantitative estimate of drug-likeness (QED) is 0.823. The lowest BCUT2D eigenvalue weighted by Gasteiger charge is -2.19. The molecule has 0 radical (unpaired) electrons. The molecule has 0 bridgehead atoms. The summed E-state index contributed by atoms with van der Waals surface area (Å²) in [6, 6.07) is 7.86. The fourth-order valence-corrected chi connectivity index (χ4v) is 1.86. The van der Waals surface area contributed by atoms with Crippen LogP contribution in [-0.2, 0) is 11.2 Å². The Labute approximate surface area is 120 Å². The third-order valence-corrected chi connectivity index (χ3v) is 2.68. The highest BCUT2D eigenvalue weighted by Crippen LogP contribution is 2.12. The number of carbonyl (C=O) groups excluding carboxylic acids is 1. The minimum Gasteiger partial charge on any atom is -0.444 e. The zero-order chi connectivity index (χ0) is 14.3. The molecule has 1 aromatic carbocycles. The third kappa shape index (κ3) is 7.73. The molecule has 0 aliphatic rings. The van der Waals surface area contributed by atoms with Gasteiger partial charge in [-0.25, -0.2) is 4.79 Å². The van der Waals surface area contributed by atoms with Crippen molar-refractivity contribution < 1.29 is 9.53 Å². The summed E-state index contributed by atoms with van der Waals surface area (Å²) in [5.41, 5.74) is 0.787. The lowest BCUT2D eigenvalue weighted by molar-refractivity contribution is 0.0527. The number of aryl methyl sites for hydroxylation is 1. The maximum absolute atomic E-state index is 11.4. The van der Waals surface area contributed by atoms with Gasteiger partial charge in [-0.2, -0.15) is 0 Å². The van der Waals surface area contributed by atoms with Gasteiger partial charge in [0.15, 0.2) is 0 Å². The molecule has 0 saturated heterocycles. The van der Waals surface area contributed by atoms with Crippen LogP contribution in [0.25, 0.3) is 0 Å². The Balaban J connectivity index is 2.13. The Kier molecular flexibility index (Phi) is 6.16. The van der Waals surface area contributed by atoms with Gasteiger partial charge in [0, 0.05) is 11.6 Å². The number of nitrogens with one attached hydrogen (secondary N) is 1. The van der Waals surface area contributed by atoms with Crippen molar-refractivity contribution in [2.24, 2.45) is 0 Å². The van der Waals surface area contributed by atoms with Gasteiger partial charge in [0.1, 0.15) is 5.60 Å². The molecular formula is C15H22ClNO2. The first-order chi connectivity index (χ1) is 8.87. The number of amides is 1. The van der Waals surface area contributed by atoms with Crippen molar-refractivity contribution in [3.63, 3.8) is 0 Å². The van der Waals surface area contributed by atoms with Crippen molar-refractivity contribution >= 4 is 17.7 Å².